The Bertz CT molecular complexity index is 760. The van der Waals surface area contributed by atoms with Gasteiger partial charge in [-0.25, -0.2) is 5.43 Å². The summed E-state index contributed by atoms with van der Waals surface area (Å²) in [4.78, 5) is 0. The molecule has 0 fully saturated rings. The van der Waals surface area contributed by atoms with Gasteiger partial charge in [0.25, 0.3) is 0 Å². The molecule has 21 heavy (non-hydrogen) atoms. The van der Waals surface area contributed by atoms with Crippen molar-refractivity contribution >= 4 is 10.8 Å². The van der Waals surface area contributed by atoms with E-state index in [4.69, 9.17) is 5.84 Å². The van der Waals surface area contributed by atoms with Crippen LogP contribution in [-0.2, 0) is 13.5 Å². The van der Waals surface area contributed by atoms with E-state index in [0.717, 1.165) is 23.4 Å². The molecule has 4 nitrogen and oxygen atoms in total. The van der Waals surface area contributed by atoms with Crippen molar-refractivity contribution in [3.63, 3.8) is 0 Å². The molecule has 0 amide bonds. The van der Waals surface area contributed by atoms with Gasteiger partial charge in [-0.3, -0.25) is 10.5 Å². The summed E-state index contributed by atoms with van der Waals surface area (Å²) in [5, 5.41) is 6.96. The number of benzene rings is 2. The number of rotatable bonds is 4. The van der Waals surface area contributed by atoms with Gasteiger partial charge >= 0.3 is 0 Å². The zero-order chi connectivity index (χ0) is 14.8. The number of nitrogens with two attached hydrogens (primary N) is 1. The number of aryl methyl sites for hydroxylation is 2. The summed E-state index contributed by atoms with van der Waals surface area (Å²) in [6, 6.07) is 16.8. The number of nitrogens with one attached hydrogen (secondary N) is 1. The van der Waals surface area contributed by atoms with Crippen molar-refractivity contribution in [1.82, 2.24) is 15.2 Å². The third-order valence-electron chi connectivity index (χ3n) is 3.90. The van der Waals surface area contributed by atoms with E-state index < -0.39 is 0 Å². The summed E-state index contributed by atoms with van der Waals surface area (Å²) in [5.74, 6) is 5.81. The summed E-state index contributed by atoms with van der Waals surface area (Å²) in [6.45, 7) is 2.10. The highest BCUT2D eigenvalue weighted by Crippen LogP contribution is 2.25. The monoisotopic (exact) mass is 280 g/mol. The maximum Gasteiger partial charge on any atom is 0.0878 e. The molecule has 0 saturated heterocycles. The minimum atomic E-state index is -0.0626. The standard InChI is InChI=1S/C17H20N4/c1-3-15-11-16(21(2)20-15)17(19-18)14-9-8-12-6-4-5-7-13(12)10-14/h4-11,17,19H,3,18H2,1-2H3. The van der Waals surface area contributed by atoms with Crippen LogP contribution in [0.1, 0.15) is 29.9 Å². The first kappa shape index (κ1) is 13.8. The van der Waals surface area contributed by atoms with Gasteiger partial charge in [0, 0.05) is 7.05 Å². The molecule has 1 unspecified atom stereocenters. The third kappa shape index (κ3) is 2.55. The Morgan fingerprint density at radius 2 is 1.90 bits per heavy atom. The Balaban J connectivity index is 2.06. The quantitative estimate of drug-likeness (QED) is 0.570. The van der Waals surface area contributed by atoms with Crippen molar-refractivity contribution in [2.45, 2.75) is 19.4 Å². The van der Waals surface area contributed by atoms with Gasteiger partial charge in [-0.05, 0) is 34.9 Å². The number of fused-ring (bicyclic) bond motifs is 1. The van der Waals surface area contributed by atoms with Crippen molar-refractivity contribution < 1.29 is 0 Å². The maximum absolute atomic E-state index is 5.81. The van der Waals surface area contributed by atoms with E-state index >= 15 is 0 Å². The lowest BCUT2D eigenvalue weighted by atomic mass is 10.00. The molecule has 3 aromatic rings. The minimum absolute atomic E-state index is 0.0626. The molecule has 0 aliphatic heterocycles. The molecule has 1 aromatic heterocycles. The molecule has 0 aliphatic rings. The lowest BCUT2D eigenvalue weighted by Crippen LogP contribution is -2.30. The molecule has 1 atom stereocenters. The van der Waals surface area contributed by atoms with Gasteiger partial charge in [-0.15, -0.1) is 0 Å². The fourth-order valence-corrected chi connectivity index (χ4v) is 2.73. The van der Waals surface area contributed by atoms with E-state index in [9.17, 15) is 0 Å². The zero-order valence-electron chi connectivity index (χ0n) is 12.4. The molecule has 0 spiro atoms. The molecule has 1 heterocycles. The zero-order valence-corrected chi connectivity index (χ0v) is 12.4. The Kier molecular flexibility index (Phi) is 3.73. The summed E-state index contributed by atoms with van der Waals surface area (Å²) >= 11 is 0. The van der Waals surface area contributed by atoms with Crippen LogP contribution in [0.15, 0.2) is 48.5 Å². The Hall–Kier alpha value is -2.17. The highest BCUT2D eigenvalue weighted by molar-refractivity contribution is 5.83. The topological polar surface area (TPSA) is 55.9 Å². The van der Waals surface area contributed by atoms with Crippen molar-refractivity contribution in [3.8, 4) is 0 Å². The normalized spacial score (nSPS) is 12.7. The van der Waals surface area contributed by atoms with E-state index in [1.54, 1.807) is 0 Å². The lowest BCUT2D eigenvalue weighted by Gasteiger charge is -2.17. The molecule has 3 N–H and O–H groups in total. The van der Waals surface area contributed by atoms with Gasteiger partial charge in [-0.2, -0.15) is 5.10 Å². The van der Waals surface area contributed by atoms with Gasteiger partial charge in [0.1, 0.15) is 0 Å². The van der Waals surface area contributed by atoms with Crippen LogP contribution in [0.5, 0.6) is 0 Å². The van der Waals surface area contributed by atoms with Gasteiger partial charge < -0.3 is 0 Å². The average Bonchev–Trinajstić information content (AvgIpc) is 2.89. The van der Waals surface area contributed by atoms with Gasteiger partial charge in [0.15, 0.2) is 0 Å². The maximum atomic E-state index is 5.81. The van der Waals surface area contributed by atoms with Crippen molar-refractivity contribution in [2.24, 2.45) is 12.9 Å². The van der Waals surface area contributed by atoms with Gasteiger partial charge in [0.05, 0.1) is 17.4 Å². The van der Waals surface area contributed by atoms with Crippen molar-refractivity contribution in [1.29, 1.82) is 0 Å². The molecule has 108 valence electrons. The van der Waals surface area contributed by atoms with E-state index in [1.807, 2.05) is 11.7 Å². The first-order valence-electron chi connectivity index (χ1n) is 7.20. The summed E-state index contributed by atoms with van der Waals surface area (Å²) in [7, 11) is 1.96. The number of nitrogens with zero attached hydrogens (tertiary/aromatic N) is 2. The van der Waals surface area contributed by atoms with Gasteiger partial charge in [-0.1, -0.05) is 43.3 Å². The molecule has 0 bridgehead atoms. The van der Waals surface area contributed by atoms with Crippen molar-refractivity contribution in [2.75, 3.05) is 0 Å². The molecule has 2 aromatic carbocycles. The number of hydrogen-bond donors (Lipinski definition) is 2. The number of hydrogen-bond acceptors (Lipinski definition) is 3. The SMILES string of the molecule is CCc1cc(C(NN)c2ccc3ccccc3c2)n(C)n1. The van der Waals surface area contributed by atoms with Crippen LogP contribution in [0.4, 0.5) is 0 Å². The first-order valence-corrected chi connectivity index (χ1v) is 7.20. The molecule has 3 rings (SSSR count). The Labute approximate surface area is 124 Å². The highest BCUT2D eigenvalue weighted by Gasteiger charge is 2.17. The molecule has 0 aliphatic carbocycles. The van der Waals surface area contributed by atoms with Crippen LogP contribution in [0.3, 0.4) is 0 Å². The van der Waals surface area contributed by atoms with Gasteiger partial charge in [0.2, 0.25) is 0 Å². The molecule has 0 radical (unpaired) electrons. The fraction of sp³-hybridized carbons (Fsp3) is 0.235. The van der Waals surface area contributed by atoms with Crippen LogP contribution < -0.4 is 11.3 Å². The third-order valence-corrected chi connectivity index (χ3v) is 3.90. The lowest BCUT2D eigenvalue weighted by molar-refractivity contribution is 0.574. The van der Waals surface area contributed by atoms with Crippen LogP contribution >= 0.6 is 0 Å². The second kappa shape index (κ2) is 5.68. The summed E-state index contributed by atoms with van der Waals surface area (Å²) < 4.78 is 1.90. The smallest absolute Gasteiger partial charge is 0.0878 e. The largest absolute Gasteiger partial charge is 0.271 e. The minimum Gasteiger partial charge on any atom is -0.271 e. The summed E-state index contributed by atoms with van der Waals surface area (Å²) in [6.07, 6.45) is 0.919. The van der Waals surface area contributed by atoms with E-state index in [-0.39, 0.29) is 6.04 Å². The highest BCUT2D eigenvalue weighted by atomic mass is 15.3. The van der Waals surface area contributed by atoms with E-state index in [0.29, 0.717) is 0 Å². The Morgan fingerprint density at radius 1 is 1.14 bits per heavy atom. The van der Waals surface area contributed by atoms with E-state index in [1.165, 1.54) is 10.8 Å². The molecular formula is C17H20N4. The molecular weight excluding hydrogens is 260 g/mol. The van der Waals surface area contributed by atoms with Crippen LogP contribution in [-0.4, -0.2) is 9.78 Å². The van der Waals surface area contributed by atoms with E-state index in [2.05, 4.69) is 66.0 Å². The second-order valence-electron chi connectivity index (χ2n) is 5.24. The summed E-state index contributed by atoms with van der Waals surface area (Å²) in [5.41, 5.74) is 6.21. The number of hydrazine groups is 1. The first-order chi connectivity index (χ1) is 10.2. The predicted molar refractivity (Wildman–Crippen MR) is 85.7 cm³/mol. The average molecular weight is 280 g/mol. The molecule has 0 saturated carbocycles. The van der Waals surface area contributed by atoms with Crippen LogP contribution in [0.25, 0.3) is 10.8 Å². The second-order valence-corrected chi connectivity index (χ2v) is 5.24. The number of aromatic nitrogens is 2. The van der Waals surface area contributed by atoms with Crippen LogP contribution in [0, 0.1) is 0 Å². The fourth-order valence-electron chi connectivity index (χ4n) is 2.73. The van der Waals surface area contributed by atoms with Crippen molar-refractivity contribution in [3.05, 3.63) is 65.5 Å². The Morgan fingerprint density at radius 3 is 2.57 bits per heavy atom. The van der Waals surface area contributed by atoms with Crippen LogP contribution in [0.2, 0.25) is 0 Å². The predicted octanol–water partition coefficient (Wildman–Crippen LogP) is 2.69. The molecule has 4 heteroatoms.